The zero-order valence-electron chi connectivity index (χ0n) is 10.5. The van der Waals surface area contributed by atoms with E-state index in [1.807, 2.05) is 24.3 Å². The van der Waals surface area contributed by atoms with E-state index in [0.717, 1.165) is 4.47 Å². The average Bonchev–Trinajstić information content (AvgIpc) is 2.41. The lowest BCUT2D eigenvalue weighted by molar-refractivity contribution is 0.195. The summed E-state index contributed by atoms with van der Waals surface area (Å²) in [4.78, 5) is 0. The van der Waals surface area contributed by atoms with Crippen LogP contribution >= 0.6 is 15.9 Å². The maximum atomic E-state index is 9.78. The first-order valence-corrected chi connectivity index (χ1v) is 6.75. The summed E-state index contributed by atoms with van der Waals surface area (Å²) in [6, 6.07) is 12.7. The summed E-state index contributed by atoms with van der Waals surface area (Å²) in [5.41, 5.74) is 1.41. The molecular weight excluding hydrogens is 308 g/mol. The van der Waals surface area contributed by atoms with Gasteiger partial charge in [-0.2, -0.15) is 0 Å². The predicted octanol–water partition coefficient (Wildman–Crippen LogP) is 3.79. The number of para-hydroxylation sites is 1. The highest BCUT2D eigenvalue weighted by molar-refractivity contribution is 9.10. The minimum atomic E-state index is -0.631. The molecule has 3 nitrogen and oxygen atoms in total. The molecule has 0 saturated heterocycles. The number of hydrogen-bond donors (Lipinski definition) is 2. The highest BCUT2D eigenvalue weighted by Crippen LogP contribution is 2.33. The van der Waals surface area contributed by atoms with Crippen LogP contribution in [-0.4, -0.2) is 10.2 Å². The van der Waals surface area contributed by atoms with Gasteiger partial charge in [0.1, 0.15) is 11.5 Å². The van der Waals surface area contributed by atoms with E-state index in [-0.39, 0.29) is 6.61 Å². The van der Waals surface area contributed by atoms with Crippen molar-refractivity contribution >= 4 is 15.9 Å². The molecule has 0 amide bonds. The van der Waals surface area contributed by atoms with E-state index in [9.17, 15) is 10.2 Å². The van der Waals surface area contributed by atoms with E-state index < -0.39 is 6.10 Å². The first-order valence-electron chi connectivity index (χ1n) is 5.96. The molecule has 0 aromatic heterocycles. The Labute approximate surface area is 120 Å². The van der Waals surface area contributed by atoms with Crippen molar-refractivity contribution in [2.75, 3.05) is 0 Å². The van der Waals surface area contributed by atoms with Crippen LogP contribution in [0.5, 0.6) is 11.5 Å². The normalized spacial score (nSPS) is 12.2. The molecule has 1 unspecified atom stereocenters. The molecule has 0 bridgehead atoms. The molecule has 0 aliphatic rings. The molecule has 0 fully saturated rings. The van der Waals surface area contributed by atoms with E-state index in [4.69, 9.17) is 4.74 Å². The predicted molar refractivity (Wildman–Crippen MR) is 77.2 cm³/mol. The molecule has 0 spiro atoms. The monoisotopic (exact) mass is 322 g/mol. The standard InChI is InChI=1S/C15H15BrO3/c1-10(18)13-8-12(16)6-7-15(13)19-14-5-3-2-4-11(14)9-17/h2-8,10,17-18H,9H2,1H3. The van der Waals surface area contributed by atoms with Gasteiger partial charge >= 0.3 is 0 Å². The molecule has 0 aliphatic carbocycles. The smallest absolute Gasteiger partial charge is 0.133 e. The third-order valence-electron chi connectivity index (χ3n) is 2.78. The SMILES string of the molecule is CC(O)c1cc(Br)ccc1Oc1ccccc1CO. The fourth-order valence-corrected chi connectivity index (χ4v) is 2.17. The lowest BCUT2D eigenvalue weighted by atomic mass is 10.1. The minimum Gasteiger partial charge on any atom is -0.457 e. The Morgan fingerprint density at radius 2 is 1.89 bits per heavy atom. The van der Waals surface area contributed by atoms with Crippen LogP contribution in [-0.2, 0) is 6.61 Å². The zero-order chi connectivity index (χ0) is 13.8. The number of hydrogen-bond acceptors (Lipinski definition) is 3. The number of rotatable bonds is 4. The van der Waals surface area contributed by atoms with Crippen molar-refractivity contribution in [1.82, 2.24) is 0 Å². The number of benzene rings is 2. The van der Waals surface area contributed by atoms with Crippen LogP contribution in [0.1, 0.15) is 24.2 Å². The largest absolute Gasteiger partial charge is 0.457 e. The molecular formula is C15H15BrO3. The second kappa shape index (κ2) is 6.19. The molecule has 0 aliphatic heterocycles. The van der Waals surface area contributed by atoms with Gasteiger partial charge in [0, 0.05) is 15.6 Å². The van der Waals surface area contributed by atoms with Crippen molar-refractivity contribution in [2.24, 2.45) is 0 Å². The van der Waals surface area contributed by atoms with Crippen molar-refractivity contribution in [2.45, 2.75) is 19.6 Å². The summed E-state index contributed by atoms with van der Waals surface area (Å²) in [5, 5.41) is 19.1. The van der Waals surface area contributed by atoms with Crippen LogP contribution in [0.15, 0.2) is 46.9 Å². The molecule has 2 N–H and O–H groups in total. The Morgan fingerprint density at radius 3 is 2.58 bits per heavy atom. The van der Waals surface area contributed by atoms with E-state index in [1.54, 1.807) is 25.1 Å². The van der Waals surface area contributed by atoms with Crippen LogP contribution in [0.3, 0.4) is 0 Å². The molecule has 1 atom stereocenters. The summed E-state index contributed by atoms with van der Waals surface area (Å²) in [5.74, 6) is 1.17. The average molecular weight is 323 g/mol. The van der Waals surface area contributed by atoms with E-state index >= 15 is 0 Å². The number of ether oxygens (including phenoxy) is 1. The summed E-state index contributed by atoms with van der Waals surface area (Å²) < 4.78 is 6.69. The molecule has 2 aromatic rings. The first kappa shape index (κ1) is 14.1. The van der Waals surface area contributed by atoms with Gasteiger partial charge in [0.15, 0.2) is 0 Å². The molecule has 4 heteroatoms. The van der Waals surface area contributed by atoms with Gasteiger partial charge in [-0.3, -0.25) is 0 Å². The first-order chi connectivity index (χ1) is 9.11. The number of aliphatic hydroxyl groups is 2. The fraction of sp³-hybridized carbons (Fsp3) is 0.200. The maximum absolute atomic E-state index is 9.78. The molecule has 0 saturated carbocycles. The zero-order valence-corrected chi connectivity index (χ0v) is 12.1. The van der Waals surface area contributed by atoms with Crippen molar-refractivity contribution < 1.29 is 14.9 Å². The van der Waals surface area contributed by atoms with Gasteiger partial charge in [-0.1, -0.05) is 34.1 Å². The van der Waals surface area contributed by atoms with Gasteiger partial charge < -0.3 is 14.9 Å². The minimum absolute atomic E-state index is 0.0866. The highest BCUT2D eigenvalue weighted by atomic mass is 79.9. The van der Waals surface area contributed by atoms with Crippen LogP contribution in [0.25, 0.3) is 0 Å². The van der Waals surface area contributed by atoms with E-state index in [2.05, 4.69) is 15.9 Å². The van der Waals surface area contributed by atoms with Crippen LogP contribution < -0.4 is 4.74 Å². The topological polar surface area (TPSA) is 49.7 Å². The quantitative estimate of drug-likeness (QED) is 0.900. The van der Waals surface area contributed by atoms with Crippen LogP contribution in [0.2, 0.25) is 0 Å². The van der Waals surface area contributed by atoms with Crippen molar-refractivity contribution in [1.29, 1.82) is 0 Å². The second-order valence-electron chi connectivity index (χ2n) is 4.23. The third kappa shape index (κ3) is 3.35. The summed E-state index contributed by atoms with van der Waals surface area (Å²) in [6.45, 7) is 1.60. The van der Waals surface area contributed by atoms with Crippen molar-refractivity contribution in [3.8, 4) is 11.5 Å². The van der Waals surface area contributed by atoms with E-state index in [1.165, 1.54) is 0 Å². The Morgan fingerprint density at radius 1 is 1.16 bits per heavy atom. The van der Waals surface area contributed by atoms with Gasteiger partial charge in [0.25, 0.3) is 0 Å². The third-order valence-corrected chi connectivity index (χ3v) is 3.28. The Bertz CT molecular complexity index is 567. The summed E-state index contributed by atoms with van der Waals surface area (Å²) >= 11 is 3.37. The van der Waals surface area contributed by atoms with Gasteiger partial charge in [0.2, 0.25) is 0 Å². The Hall–Kier alpha value is -1.36. The molecule has 2 aromatic carbocycles. The highest BCUT2D eigenvalue weighted by Gasteiger charge is 2.12. The van der Waals surface area contributed by atoms with Gasteiger partial charge in [-0.25, -0.2) is 0 Å². The second-order valence-corrected chi connectivity index (χ2v) is 5.14. The lowest BCUT2D eigenvalue weighted by Gasteiger charge is -2.15. The van der Waals surface area contributed by atoms with Gasteiger partial charge in [-0.05, 0) is 31.2 Å². The van der Waals surface area contributed by atoms with Crippen molar-refractivity contribution in [3.63, 3.8) is 0 Å². The summed E-state index contributed by atoms with van der Waals surface area (Å²) in [6.07, 6.45) is -0.631. The molecule has 2 rings (SSSR count). The fourth-order valence-electron chi connectivity index (χ4n) is 1.79. The molecule has 100 valence electrons. The van der Waals surface area contributed by atoms with Crippen molar-refractivity contribution in [3.05, 3.63) is 58.1 Å². The maximum Gasteiger partial charge on any atom is 0.133 e. The van der Waals surface area contributed by atoms with Crippen LogP contribution in [0.4, 0.5) is 0 Å². The molecule has 19 heavy (non-hydrogen) atoms. The van der Waals surface area contributed by atoms with Crippen LogP contribution in [0, 0.1) is 0 Å². The molecule has 0 heterocycles. The Balaban J connectivity index is 2.38. The number of halogens is 1. The number of aliphatic hydroxyl groups excluding tert-OH is 2. The van der Waals surface area contributed by atoms with E-state index in [0.29, 0.717) is 22.6 Å². The molecule has 0 radical (unpaired) electrons. The van der Waals surface area contributed by atoms with Gasteiger partial charge in [-0.15, -0.1) is 0 Å². The summed E-state index contributed by atoms with van der Waals surface area (Å²) in [7, 11) is 0. The lowest BCUT2D eigenvalue weighted by Crippen LogP contribution is -1.98. The Kier molecular flexibility index (Phi) is 4.58. The van der Waals surface area contributed by atoms with Gasteiger partial charge in [0.05, 0.1) is 12.7 Å².